The molecule has 1 fully saturated rings. The van der Waals surface area contributed by atoms with Gasteiger partial charge in [-0.25, -0.2) is 16.8 Å². The Morgan fingerprint density at radius 1 is 0.933 bits per heavy atom. The molecule has 0 saturated carbocycles. The molecule has 8 nitrogen and oxygen atoms in total. The van der Waals surface area contributed by atoms with Gasteiger partial charge in [-0.3, -0.25) is 9.52 Å². The van der Waals surface area contributed by atoms with E-state index in [1.807, 2.05) is 0 Å². The van der Waals surface area contributed by atoms with Crippen molar-refractivity contribution >= 4 is 37.3 Å². The summed E-state index contributed by atoms with van der Waals surface area (Å²) in [6.07, 6.45) is 3.80. The van der Waals surface area contributed by atoms with Gasteiger partial charge in [0.05, 0.1) is 16.8 Å². The first kappa shape index (κ1) is 22.3. The lowest BCUT2D eigenvalue weighted by atomic mass is 10.1. The number of carbonyl (C=O) groups excluding carboxylic acids is 1. The summed E-state index contributed by atoms with van der Waals surface area (Å²) in [5, 5.41) is 2.72. The highest BCUT2D eigenvalue weighted by Gasteiger charge is 2.25. The smallest absolute Gasteiger partial charge is 0.256 e. The van der Waals surface area contributed by atoms with Crippen molar-refractivity contribution in [3.05, 3.63) is 53.6 Å². The average Bonchev–Trinajstić information content (AvgIpc) is 2.69. The number of hydrogen-bond acceptors (Lipinski definition) is 5. The van der Waals surface area contributed by atoms with Gasteiger partial charge in [-0.15, -0.1) is 0 Å². The maximum Gasteiger partial charge on any atom is 0.256 e. The molecule has 2 N–H and O–H groups in total. The van der Waals surface area contributed by atoms with E-state index >= 15 is 0 Å². The molecule has 0 radical (unpaired) electrons. The minimum absolute atomic E-state index is 0.193. The summed E-state index contributed by atoms with van der Waals surface area (Å²) >= 11 is 0. The monoisotopic (exact) mass is 451 g/mol. The number of nitrogens with zero attached hydrogens (tertiary/aromatic N) is 1. The zero-order valence-electron chi connectivity index (χ0n) is 16.9. The van der Waals surface area contributed by atoms with Crippen molar-refractivity contribution in [2.75, 3.05) is 29.4 Å². The molecule has 0 bridgehead atoms. The zero-order valence-corrected chi connectivity index (χ0v) is 18.5. The predicted molar refractivity (Wildman–Crippen MR) is 117 cm³/mol. The molecule has 2 aromatic carbocycles. The first-order chi connectivity index (χ1) is 14.1. The third kappa shape index (κ3) is 5.18. The number of benzene rings is 2. The van der Waals surface area contributed by atoms with E-state index in [1.165, 1.54) is 16.4 Å². The Labute approximate surface area is 177 Å². The summed E-state index contributed by atoms with van der Waals surface area (Å²) in [6, 6.07) is 10.8. The standard InChI is InChI=1S/C20H25N3O5S2/c1-15-18(7-6-8-19(15)22-29(2,25)26)20(24)21-16-9-11-17(12-10-16)30(27,28)23-13-4-3-5-14-23/h6-12,22H,3-5,13-14H2,1-2H3,(H,21,24). The lowest BCUT2D eigenvalue weighted by molar-refractivity contribution is 0.102. The number of sulfonamides is 2. The fourth-order valence-electron chi connectivity index (χ4n) is 3.35. The Hall–Kier alpha value is -2.43. The van der Waals surface area contributed by atoms with Crippen LogP contribution in [0, 0.1) is 6.92 Å². The molecule has 1 saturated heterocycles. The highest BCUT2D eigenvalue weighted by Crippen LogP contribution is 2.24. The minimum atomic E-state index is -3.53. The van der Waals surface area contributed by atoms with Crippen molar-refractivity contribution in [1.82, 2.24) is 4.31 Å². The van der Waals surface area contributed by atoms with Crippen molar-refractivity contribution in [3.8, 4) is 0 Å². The molecule has 3 rings (SSSR count). The van der Waals surface area contributed by atoms with Crippen molar-refractivity contribution in [2.45, 2.75) is 31.1 Å². The van der Waals surface area contributed by atoms with Crippen molar-refractivity contribution in [1.29, 1.82) is 0 Å². The van der Waals surface area contributed by atoms with E-state index in [0.29, 0.717) is 35.6 Å². The second kappa shape index (κ2) is 8.75. The molecule has 2 aromatic rings. The fraction of sp³-hybridized carbons (Fsp3) is 0.350. The molecule has 0 unspecified atom stereocenters. The van der Waals surface area contributed by atoms with E-state index in [1.54, 1.807) is 37.3 Å². The second-order valence-corrected chi connectivity index (χ2v) is 11.0. The molecule has 0 aromatic heterocycles. The summed E-state index contributed by atoms with van der Waals surface area (Å²) in [5.74, 6) is -0.420. The molecule has 10 heteroatoms. The number of carbonyl (C=O) groups is 1. The first-order valence-corrected chi connectivity index (χ1v) is 12.9. The Kier molecular flexibility index (Phi) is 6.49. The molecular weight excluding hydrogens is 426 g/mol. The molecule has 1 amide bonds. The number of amides is 1. The molecular formula is C20H25N3O5S2. The van der Waals surface area contributed by atoms with Crippen LogP contribution in [0.25, 0.3) is 0 Å². The molecule has 0 spiro atoms. The van der Waals surface area contributed by atoms with Crippen LogP contribution < -0.4 is 10.0 Å². The maximum atomic E-state index is 12.7. The van der Waals surface area contributed by atoms with Crippen LogP contribution in [-0.2, 0) is 20.0 Å². The van der Waals surface area contributed by atoms with Crippen LogP contribution in [0.2, 0.25) is 0 Å². The topological polar surface area (TPSA) is 113 Å². The number of piperidine rings is 1. The van der Waals surface area contributed by atoms with Crippen LogP contribution in [-0.4, -0.2) is 46.4 Å². The Balaban J connectivity index is 1.76. The van der Waals surface area contributed by atoms with Gasteiger partial charge >= 0.3 is 0 Å². The van der Waals surface area contributed by atoms with Crippen LogP contribution in [0.1, 0.15) is 35.2 Å². The summed E-state index contributed by atoms with van der Waals surface area (Å²) < 4.78 is 52.3. The van der Waals surface area contributed by atoms with Crippen LogP contribution in [0.15, 0.2) is 47.4 Å². The molecule has 1 heterocycles. The van der Waals surface area contributed by atoms with Crippen LogP contribution in [0.3, 0.4) is 0 Å². The Bertz CT molecular complexity index is 1140. The van der Waals surface area contributed by atoms with Gasteiger partial charge in [0.15, 0.2) is 0 Å². The van der Waals surface area contributed by atoms with Gasteiger partial charge in [0.25, 0.3) is 5.91 Å². The van der Waals surface area contributed by atoms with E-state index in [-0.39, 0.29) is 4.90 Å². The number of hydrogen-bond donors (Lipinski definition) is 2. The average molecular weight is 452 g/mol. The molecule has 30 heavy (non-hydrogen) atoms. The molecule has 1 aliphatic heterocycles. The molecule has 162 valence electrons. The molecule has 0 aliphatic carbocycles. The quantitative estimate of drug-likeness (QED) is 0.701. The minimum Gasteiger partial charge on any atom is -0.322 e. The van der Waals surface area contributed by atoms with Gasteiger partial charge < -0.3 is 5.32 Å². The number of nitrogens with one attached hydrogen (secondary N) is 2. The summed E-state index contributed by atoms with van der Waals surface area (Å²) in [7, 11) is -7.01. The molecule has 1 aliphatic rings. The van der Waals surface area contributed by atoms with E-state index in [4.69, 9.17) is 0 Å². The Morgan fingerprint density at radius 2 is 1.57 bits per heavy atom. The summed E-state index contributed by atoms with van der Waals surface area (Å²) in [4.78, 5) is 12.9. The van der Waals surface area contributed by atoms with Gasteiger partial charge in [0.2, 0.25) is 20.0 Å². The van der Waals surface area contributed by atoms with Gasteiger partial charge in [0, 0.05) is 24.3 Å². The van der Waals surface area contributed by atoms with Gasteiger partial charge in [-0.05, 0) is 61.7 Å². The fourth-order valence-corrected chi connectivity index (χ4v) is 5.49. The second-order valence-electron chi connectivity index (χ2n) is 7.30. The van der Waals surface area contributed by atoms with E-state index in [2.05, 4.69) is 10.0 Å². The van der Waals surface area contributed by atoms with E-state index < -0.39 is 26.0 Å². The van der Waals surface area contributed by atoms with Crippen molar-refractivity contribution in [2.24, 2.45) is 0 Å². The normalized spacial score (nSPS) is 15.5. The van der Waals surface area contributed by atoms with Gasteiger partial charge in [-0.1, -0.05) is 12.5 Å². The van der Waals surface area contributed by atoms with E-state index in [9.17, 15) is 21.6 Å². The lowest BCUT2D eigenvalue weighted by Gasteiger charge is -2.25. The highest BCUT2D eigenvalue weighted by atomic mass is 32.2. The predicted octanol–water partition coefficient (Wildman–Crippen LogP) is 2.79. The largest absolute Gasteiger partial charge is 0.322 e. The number of anilines is 2. The summed E-state index contributed by atoms with van der Waals surface area (Å²) in [6.45, 7) is 2.70. The molecule has 0 atom stereocenters. The SMILES string of the molecule is Cc1c(NS(C)(=O)=O)cccc1C(=O)Nc1ccc(S(=O)(=O)N2CCCCC2)cc1. The van der Waals surface area contributed by atoms with Crippen LogP contribution in [0.5, 0.6) is 0 Å². The van der Waals surface area contributed by atoms with Crippen LogP contribution in [0.4, 0.5) is 11.4 Å². The third-order valence-corrected chi connectivity index (χ3v) is 7.44. The third-order valence-electron chi connectivity index (χ3n) is 4.94. The maximum absolute atomic E-state index is 12.7. The van der Waals surface area contributed by atoms with Gasteiger partial charge in [0.1, 0.15) is 0 Å². The lowest BCUT2D eigenvalue weighted by Crippen LogP contribution is -2.35. The van der Waals surface area contributed by atoms with E-state index in [0.717, 1.165) is 25.5 Å². The summed E-state index contributed by atoms with van der Waals surface area (Å²) in [5.41, 5.74) is 1.57. The first-order valence-electron chi connectivity index (χ1n) is 9.57. The van der Waals surface area contributed by atoms with Gasteiger partial charge in [-0.2, -0.15) is 4.31 Å². The highest BCUT2D eigenvalue weighted by molar-refractivity contribution is 7.92. The van der Waals surface area contributed by atoms with Crippen LogP contribution >= 0.6 is 0 Å². The Morgan fingerprint density at radius 3 is 2.17 bits per heavy atom. The van der Waals surface area contributed by atoms with Crippen molar-refractivity contribution < 1.29 is 21.6 Å². The zero-order chi connectivity index (χ0) is 21.9. The number of rotatable bonds is 6. The van der Waals surface area contributed by atoms with Crippen molar-refractivity contribution in [3.63, 3.8) is 0 Å².